The van der Waals surface area contributed by atoms with Crippen molar-refractivity contribution < 1.29 is 14.3 Å². The number of rotatable bonds is 5. The second-order valence-corrected chi connectivity index (χ2v) is 5.68. The van der Waals surface area contributed by atoms with Crippen LogP contribution < -0.4 is 5.32 Å². The van der Waals surface area contributed by atoms with Crippen LogP contribution in [0.15, 0.2) is 22.6 Å². The zero-order chi connectivity index (χ0) is 15.6. The molecule has 0 radical (unpaired) electrons. The average molecular weight is 290 g/mol. The summed E-state index contributed by atoms with van der Waals surface area (Å²) < 4.78 is 5.65. The molecule has 2 aromatic rings. The van der Waals surface area contributed by atoms with Gasteiger partial charge in [0.15, 0.2) is 5.76 Å². The van der Waals surface area contributed by atoms with E-state index in [-0.39, 0.29) is 12.5 Å². The zero-order valence-electron chi connectivity index (χ0n) is 12.9. The monoisotopic (exact) mass is 290 g/mol. The highest BCUT2D eigenvalue weighted by atomic mass is 16.3. The molecule has 1 aromatic heterocycles. The Kier molecular flexibility index (Phi) is 4.65. The smallest absolute Gasteiger partial charge is 0.287 e. The fraction of sp³-hybridized carbons (Fsp3) is 0.438. The molecule has 0 spiro atoms. The van der Waals surface area contributed by atoms with Crippen LogP contribution in [0.1, 0.15) is 21.7 Å². The van der Waals surface area contributed by atoms with Gasteiger partial charge in [0, 0.05) is 24.0 Å². The largest absolute Gasteiger partial charge is 0.451 e. The first-order valence-corrected chi connectivity index (χ1v) is 6.99. The normalized spacial score (nSPS) is 12.9. The molecule has 1 atom stereocenters. The SMILES string of the molecule is Cc1ccc2c(C)c(C(=O)NCC(O)CN(C)C)oc2c1. The molecule has 1 unspecified atom stereocenters. The fourth-order valence-electron chi connectivity index (χ4n) is 2.33. The number of amides is 1. The third-order valence-corrected chi connectivity index (χ3v) is 3.37. The van der Waals surface area contributed by atoms with Gasteiger partial charge in [0.1, 0.15) is 5.58 Å². The summed E-state index contributed by atoms with van der Waals surface area (Å²) in [6.07, 6.45) is -0.601. The highest BCUT2D eigenvalue weighted by Gasteiger charge is 2.18. The number of hydrogen-bond acceptors (Lipinski definition) is 4. The Labute approximate surface area is 124 Å². The van der Waals surface area contributed by atoms with Crippen LogP contribution in [0.4, 0.5) is 0 Å². The van der Waals surface area contributed by atoms with Crippen molar-refractivity contribution in [2.45, 2.75) is 20.0 Å². The Hall–Kier alpha value is -1.85. The zero-order valence-corrected chi connectivity index (χ0v) is 12.9. The number of carbonyl (C=O) groups is 1. The van der Waals surface area contributed by atoms with Crippen molar-refractivity contribution in [1.82, 2.24) is 10.2 Å². The van der Waals surface area contributed by atoms with E-state index < -0.39 is 6.10 Å². The quantitative estimate of drug-likeness (QED) is 0.879. The Bertz CT molecular complexity index is 646. The molecule has 1 amide bonds. The molecule has 1 heterocycles. The molecule has 5 heteroatoms. The summed E-state index contributed by atoms with van der Waals surface area (Å²) in [6, 6.07) is 5.87. The molecule has 0 saturated carbocycles. The molecule has 5 nitrogen and oxygen atoms in total. The van der Waals surface area contributed by atoms with E-state index in [0.717, 1.165) is 16.5 Å². The summed E-state index contributed by atoms with van der Waals surface area (Å²) in [5.74, 6) is 0.0202. The summed E-state index contributed by atoms with van der Waals surface area (Å²) in [7, 11) is 3.74. The third kappa shape index (κ3) is 3.62. The maximum atomic E-state index is 12.2. The van der Waals surface area contributed by atoms with Gasteiger partial charge in [-0.3, -0.25) is 4.79 Å². The first kappa shape index (κ1) is 15.5. The summed E-state index contributed by atoms with van der Waals surface area (Å²) >= 11 is 0. The van der Waals surface area contributed by atoms with Crippen molar-refractivity contribution in [2.75, 3.05) is 27.2 Å². The van der Waals surface area contributed by atoms with E-state index in [9.17, 15) is 9.90 Å². The standard InChI is InChI=1S/C16H22N2O3/c1-10-5-6-13-11(2)15(21-14(13)7-10)16(20)17-8-12(19)9-18(3)4/h5-7,12,19H,8-9H2,1-4H3,(H,17,20). The van der Waals surface area contributed by atoms with Crippen LogP contribution in [0.3, 0.4) is 0 Å². The number of benzene rings is 1. The van der Waals surface area contributed by atoms with Crippen LogP contribution in [0.2, 0.25) is 0 Å². The lowest BCUT2D eigenvalue weighted by molar-refractivity contribution is 0.0867. The van der Waals surface area contributed by atoms with Crippen LogP contribution in [0.25, 0.3) is 11.0 Å². The molecule has 2 N–H and O–H groups in total. The summed E-state index contributed by atoms with van der Waals surface area (Å²) in [4.78, 5) is 14.0. The molecule has 0 aliphatic rings. The lowest BCUT2D eigenvalue weighted by Gasteiger charge is -2.16. The number of fused-ring (bicyclic) bond motifs is 1. The van der Waals surface area contributed by atoms with Crippen molar-refractivity contribution in [3.8, 4) is 0 Å². The minimum atomic E-state index is -0.601. The van der Waals surface area contributed by atoms with Crippen molar-refractivity contribution >= 4 is 16.9 Å². The van der Waals surface area contributed by atoms with Gasteiger partial charge in [-0.1, -0.05) is 12.1 Å². The number of nitrogens with zero attached hydrogens (tertiary/aromatic N) is 1. The molecular weight excluding hydrogens is 268 g/mol. The van der Waals surface area contributed by atoms with Crippen LogP contribution in [0.5, 0.6) is 0 Å². The van der Waals surface area contributed by atoms with E-state index in [2.05, 4.69) is 5.32 Å². The Morgan fingerprint density at radius 3 is 2.76 bits per heavy atom. The van der Waals surface area contributed by atoms with E-state index >= 15 is 0 Å². The molecule has 21 heavy (non-hydrogen) atoms. The minimum absolute atomic E-state index is 0.201. The molecule has 114 valence electrons. The highest BCUT2D eigenvalue weighted by molar-refractivity contribution is 5.99. The topological polar surface area (TPSA) is 65.7 Å². The lowest BCUT2D eigenvalue weighted by Crippen LogP contribution is -2.37. The second kappa shape index (κ2) is 6.28. The molecule has 0 aliphatic heterocycles. The van der Waals surface area contributed by atoms with Crippen LogP contribution in [-0.4, -0.2) is 49.2 Å². The van der Waals surface area contributed by atoms with E-state index in [0.29, 0.717) is 17.9 Å². The predicted molar refractivity (Wildman–Crippen MR) is 82.6 cm³/mol. The molecule has 0 aliphatic carbocycles. The van der Waals surface area contributed by atoms with Crippen molar-refractivity contribution in [2.24, 2.45) is 0 Å². The van der Waals surface area contributed by atoms with Gasteiger partial charge in [-0.25, -0.2) is 0 Å². The van der Waals surface area contributed by atoms with Crippen molar-refractivity contribution in [3.63, 3.8) is 0 Å². The van der Waals surface area contributed by atoms with E-state index in [1.54, 1.807) is 0 Å². The Morgan fingerprint density at radius 2 is 2.10 bits per heavy atom. The number of nitrogens with one attached hydrogen (secondary N) is 1. The highest BCUT2D eigenvalue weighted by Crippen LogP contribution is 2.25. The fourth-order valence-corrected chi connectivity index (χ4v) is 2.33. The molecular formula is C16H22N2O3. The van der Waals surface area contributed by atoms with Gasteiger partial charge in [-0.05, 0) is 39.6 Å². The number of aryl methyl sites for hydroxylation is 2. The second-order valence-electron chi connectivity index (χ2n) is 5.68. The van der Waals surface area contributed by atoms with Gasteiger partial charge in [-0.2, -0.15) is 0 Å². The summed E-state index contributed by atoms with van der Waals surface area (Å²) in [5, 5.41) is 13.4. The molecule has 0 saturated heterocycles. The van der Waals surface area contributed by atoms with Crippen LogP contribution >= 0.6 is 0 Å². The van der Waals surface area contributed by atoms with Gasteiger partial charge in [0.05, 0.1) is 6.10 Å². The summed E-state index contributed by atoms with van der Waals surface area (Å²) in [5.41, 5.74) is 2.63. The van der Waals surface area contributed by atoms with Gasteiger partial charge in [0.25, 0.3) is 5.91 Å². The van der Waals surface area contributed by atoms with Gasteiger partial charge >= 0.3 is 0 Å². The first-order valence-electron chi connectivity index (χ1n) is 6.99. The number of furan rings is 1. The van der Waals surface area contributed by atoms with E-state index in [1.807, 2.05) is 51.0 Å². The minimum Gasteiger partial charge on any atom is -0.451 e. The van der Waals surface area contributed by atoms with Crippen LogP contribution in [0, 0.1) is 13.8 Å². The van der Waals surface area contributed by atoms with Gasteiger partial charge in [0.2, 0.25) is 0 Å². The van der Waals surface area contributed by atoms with Gasteiger partial charge < -0.3 is 19.7 Å². The third-order valence-electron chi connectivity index (χ3n) is 3.37. The van der Waals surface area contributed by atoms with Crippen LogP contribution in [-0.2, 0) is 0 Å². The molecule has 0 bridgehead atoms. The Morgan fingerprint density at radius 1 is 1.38 bits per heavy atom. The molecule has 1 aromatic carbocycles. The predicted octanol–water partition coefficient (Wildman–Crippen LogP) is 1.70. The van der Waals surface area contributed by atoms with E-state index in [4.69, 9.17) is 4.42 Å². The average Bonchev–Trinajstić information content (AvgIpc) is 2.72. The van der Waals surface area contributed by atoms with E-state index in [1.165, 1.54) is 0 Å². The molecule has 0 fully saturated rings. The maximum Gasteiger partial charge on any atom is 0.287 e. The number of hydrogen-bond donors (Lipinski definition) is 2. The Balaban J connectivity index is 2.11. The first-order chi connectivity index (χ1) is 9.88. The summed E-state index contributed by atoms with van der Waals surface area (Å²) in [6.45, 7) is 4.55. The number of carbonyl (C=O) groups excluding carboxylic acids is 1. The van der Waals surface area contributed by atoms with Gasteiger partial charge in [-0.15, -0.1) is 0 Å². The maximum absolute atomic E-state index is 12.2. The van der Waals surface area contributed by atoms with Crippen molar-refractivity contribution in [3.05, 3.63) is 35.1 Å². The number of likely N-dealkylation sites (N-methyl/N-ethyl adjacent to an activating group) is 1. The number of aliphatic hydroxyl groups is 1. The lowest BCUT2D eigenvalue weighted by atomic mass is 10.1. The number of aliphatic hydroxyl groups excluding tert-OH is 1. The molecule has 2 rings (SSSR count). The van der Waals surface area contributed by atoms with Crippen molar-refractivity contribution in [1.29, 1.82) is 0 Å².